The van der Waals surface area contributed by atoms with Crippen LogP contribution in [0.3, 0.4) is 0 Å². The molecule has 2 aliphatic heterocycles. The highest BCUT2D eigenvalue weighted by Crippen LogP contribution is 2.29. The monoisotopic (exact) mass is 419 g/mol. The standard InChI is InChI=1S/C19H22FN5O3S/c20-16-9-15-11-24(12-18(15)22-10-16)19(26)23-17-3-1-13(2-4-17)14-5-7-25(8-6-14)29(21,27)28/h1-4,9-10,14H,5-8,11-12H2,(H,23,26)(H2,21,27,28). The van der Waals surface area contributed by atoms with Gasteiger partial charge in [0.25, 0.3) is 10.2 Å². The molecule has 1 aromatic carbocycles. The van der Waals surface area contributed by atoms with Crippen LogP contribution in [0.15, 0.2) is 36.5 Å². The van der Waals surface area contributed by atoms with E-state index in [1.165, 1.54) is 10.4 Å². The van der Waals surface area contributed by atoms with Crippen molar-refractivity contribution in [1.82, 2.24) is 14.2 Å². The fraction of sp³-hybridized carbons (Fsp3) is 0.368. The third-order valence-electron chi connectivity index (χ3n) is 5.46. The van der Waals surface area contributed by atoms with Gasteiger partial charge in [-0.1, -0.05) is 12.1 Å². The van der Waals surface area contributed by atoms with Crippen LogP contribution in [0.4, 0.5) is 14.9 Å². The molecule has 3 N–H and O–H groups in total. The number of nitrogens with zero attached hydrogens (tertiary/aromatic N) is 3. The smallest absolute Gasteiger partial charge is 0.314 e. The average Bonchev–Trinajstić information content (AvgIpc) is 3.11. The Hall–Kier alpha value is -2.56. The van der Waals surface area contributed by atoms with Gasteiger partial charge in [0.1, 0.15) is 5.82 Å². The van der Waals surface area contributed by atoms with Gasteiger partial charge in [-0.25, -0.2) is 14.3 Å². The fourth-order valence-electron chi connectivity index (χ4n) is 3.86. The van der Waals surface area contributed by atoms with Crippen LogP contribution >= 0.6 is 0 Å². The number of halogens is 1. The highest BCUT2D eigenvalue weighted by Gasteiger charge is 2.27. The van der Waals surface area contributed by atoms with E-state index in [1.807, 2.05) is 24.3 Å². The van der Waals surface area contributed by atoms with E-state index in [0.717, 1.165) is 17.3 Å². The molecule has 0 saturated carbocycles. The first kappa shape index (κ1) is 19.7. The van der Waals surface area contributed by atoms with E-state index in [9.17, 15) is 17.6 Å². The van der Waals surface area contributed by atoms with Crippen molar-refractivity contribution in [2.45, 2.75) is 31.8 Å². The normalized spacial score (nSPS) is 17.9. The molecule has 154 valence electrons. The van der Waals surface area contributed by atoms with Crippen molar-refractivity contribution in [3.63, 3.8) is 0 Å². The summed E-state index contributed by atoms with van der Waals surface area (Å²) in [5.74, 6) is -0.150. The van der Waals surface area contributed by atoms with Crippen LogP contribution in [-0.4, -0.2) is 41.7 Å². The second kappa shape index (κ2) is 7.69. The van der Waals surface area contributed by atoms with Gasteiger partial charge in [-0.2, -0.15) is 12.7 Å². The van der Waals surface area contributed by atoms with Gasteiger partial charge in [0.2, 0.25) is 0 Å². The molecule has 0 unspecified atom stereocenters. The van der Waals surface area contributed by atoms with Crippen molar-refractivity contribution in [1.29, 1.82) is 0 Å². The minimum Gasteiger partial charge on any atom is -0.314 e. The largest absolute Gasteiger partial charge is 0.322 e. The quantitative estimate of drug-likeness (QED) is 0.794. The summed E-state index contributed by atoms with van der Waals surface area (Å²) < 4.78 is 37.4. The first-order chi connectivity index (χ1) is 13.8. The molecule has 2 amide bonds. The second-order valence-electron chi connectivity index (χ2n) is 7.39. The molecule has 1 fully saturated rings. The van der Waals surface area contributed by atoms with Crippen LogP contribution in [0.1, 0.15) is 35.6 Å². The number of rotatable bonds is 3. The predicted octanol–water partition coefficient (Wildman–Crippen LogP) is 2.15. The first-order valence-corrected chi connectivity index (χ1v) is 10.9. The summed E-state index contributed by atoms with van der Waals surface area (Å²) in [7, 11) is -3.63. The molecule has 3 heterocycles. The van der Waals surface area contributed by atoms with Crippen molar-refractivity contribution in [3.8, 4) is 0 Å². The average molecular weight is 419 g/mol. The molecule has 1 aromatic heterocycles. The number of anilines is 1. The van der Waals surface area contributed by atoms with E-state index in [0.29, 0.717) is 50.4 Å². The summed E-state index contributed by atoms with van der Waals surface area (Å²) >= 11 is 0. The van der Waals surface area contributed by atoms with Gasteiger partial charge >= 0.3 is 6.03 Å². The Bertz CT molecular complexity index is 1020. The number of urea groups is 1. The molecule has 0 bridgehead atoms. The maximum atomic E-state index is 13.3. The summed E-state index contributed by atoms with van der Waals surface area (Å²) in [5.41, 5.74) is 3.20. The zero-order valence-electron chi connectivity index (χ0n) is 15.7. The van der Waals surface area contributed by atoms with Gasteiger partial charge in [0.15, 0.2) is 0 Å². The Labute approximate surface area is 168 Å². The molecule has 0 spiro atoms. The van der Waals surface area contributed by atoms with E-state index in [1.54, 1.807) is 4.90 Å². The summed E-state index contributed by atoms with van der Waals surface area (Å²) in [6.45, 7) is 1.49. The maximum absolute atomic E-state index is 13.3. The zero-order valence-corrected chi connectivity index (χ0v) is 16.5. The number of nitrogens with two attached hydrogens (primary N) is 1. The third kappa shape index (κ3) is 4.39. The number of pyridine rings is 1. The molecule has 0 radical (unpaired) electrons. The highest BCUT2D eigenvalue weighted by molar-refractivity contribution is 7.86. The lowest BCUT2D eigenvalue weighted by atomic mass is 9.90. The molecule has 1 saturated heterocycles. The minimum absolute atomic E-state index is 0.256. The third-order valence-corrected chi connectivity index (χ3v) is 6.55. The molecule has 10 heteroatoms. The molecule has 0 atom stereocenters. The number of carbonyl (C=O) groups is 1. The van der Waals surface area contributed by atoms with E-state index in [-0.39, 0.29) is 11.9 Å². The Morgan fingerprint density at radius 3 is 2.52 bits per heavy atom. The van der Waals surface area contributed by atoms with Gasteiger partial charge in [0.05, 0.1) is 18.4 Å². The lowest BCUT2D eigenvalue weighted by Gasteiger charge is -2.30. The van der Waals surface area contributed by atoms with Crippen molar-refractivity contribution in [3.05, 3.63) is 59.2 Å². The molecule has 2 aliphatic rings. The summed E-state index contributed by atoms with van der Waals surface area (Å²) in [4.78, 5) is 18.1. The number of benzene rings is 1. The lowest BCUT2D eigenvalue weighted by Crippen LogP contribution is -2.41. The molecule has 4 rings (SSSR count). The SMILES string of the molecule is NS(=O)(=O)N1CCC(c2ccc(NC(=O)N3Cc4cc(F)cnc4C3)cc2)CC1. The van der Waals surface area contributed by atoms with Gasteiger partial charge in [-0.05, 0) is 48.1 Å². The van der Waals surface area contributed by atoms with Crippen LogP contribution in [0.25, 0.3) is 0 Å². The Morgan fingerprint density at radius 2 is 1.86 bits per heavy atom. The molecule has 8 nitrogen and oxygen atoms in total. The van der Waals surface area contributed by atoms with Gasteiger partial charge in [0, 0.05) is 25.3 Å². The van der Waals surface area contributed by atoms with E-state index < -0.39 is 16.0 Å². The van der Waals surface area contributed by atoms with Crippen molar-refractivity contribution in [2.24, 2.45) is 5.14 Å². The Morgan fingerprint density at radius 1 is 1.17 bits per heavy atom. The number of hydrogen-bond donors (Lipinski definition) is 2. The second-order valence-corrected chi connectivity index (χ2v) is 8.93. The van der Waals surface area contributed by atoms with E-state index in [4.69, 9.17) is 5.14 Å². The summed E-state index contributed by atoms with van der Waals surface area (Å²) in [5, 5.41) is 8.03. The summed E-state index contributed by atoms with van der Waals surface area (Å²) in [6.07, 6.45) is 2.57. The highest BCUT2D eigenvalue weighted by atomic mass is 32.2. The predicted molar refractivity (Wildman–Crippen MR) is 106 cm³/mol. The Balaban J connectivity index is 1.34. The topological polar surface area (TPSA) is 109 Å². The van der Waals surface area contributed by atoms with Crippen LogP contribution in [0.5, 0.6) is 0 Å². The summed E-state index contributed by atoms with van der Waals surface area (Å²) in [6, 6.07) is 8.70. The van der Waals surface area contributed by atoms with Crippen LogP contribution in [-0.2, 0) is 23.3 Å². The van der Waals surface area contributed by atoms with Gasteiger partial charge in [-0.3, -0.25) is 4.98 Å². The first-order valence-electron chi connectivity index (χ1n) is 9.36. The maximum Gasteiger partial charge on any atom is 0.322 e. The number of aromatic nitrogens is 1. The van der Waals surface area contributed by atoms with Crippen LogP contribution in [0, 0.1) is 5.82 Å². The molecule has 0 aliphatic carbocycles. The number of hydrogen-bond acceptors (Lipinski definition) is 4. The van der Waals surface area contributed by atoms with Crippen LogP contribution in [0.2, 0.25) is 0 Å². The van der Waals surface area contributed by atoms with Crippen LogP contribution < -0.4 is 10.5 Å². The Kier molecular flexibility index (Phi) is 5.24. The fourth-order valence-corrected chi connectivity index (χ4v) is 4.58. The number of nitrogens with one attached hydrogen (secondary N) is 1. The minimum atomic E-state index is -3.63. The van der Waals surface area contributed by atoms with Gasteiger partial charge in [-0.15, -0.1) is 0 Å². The lowest BCUT2D eigenvalue weighted by molar-refractivity contribution is 0.212. The number of fused-ring (bicyclic) bond motifs is 1. The molecular formula is C19H22FN5O3S. The molecule has 2 aromatic rings. The van der Waals surface area contributed by atoms with Crippen molar-refractivity contribution < 1.29 is 17.6 Å². The van der Waals surface area contributed by atoms with E-state index in [2.05, 4.69) is 10.3 Å². The van der Waals surface area contributed by atoms with Crippen molar-refractivity contribution in [2.75, 3.05) is 18.4 Å². The number of amides is 2. The zero-order chi connectivity index (χ0) is 20.6. The molecular weight excluding hydrogens is 397 g/mol. The number of piperidine rings is 1. The van der Waals surface area contributed by atoms with Gasteiger partial charge < -0.3 is 10.2 Å². The number of carbonyl (C=O) groups excluding carboxylic acids is 1. The van der Waals surface area contributed by atoms with Crippen molar-refractivity contribution >= 4 is 21.9 Å². The van der Waals surface area contributed by atoms with E-state index >= 15 is 0 Å². The molecule has 29 heavy (non-hydrogen) atoms.